The first-order valence-corrected chi connectivity index (χ1v) is 7.63. The standard InChI is InChI=1S/C15H18N2O4S/c1-21-12-4-2-11(3-5-12)10-13-14(20)16-15(22-13)17(6-8-18)7-9-19/h2-5,10,18-19H,6-9H2,1H3. The van der Waals surface area contributed by atoms with Crippen LogP contribution in [-0.2, 0) is 4.79 Å². The third kappa shape index (κ3) is 4.09. The van der Waals surface area contributed by atoms with E-state index in [2.05, 4.69) is 4.99 Å². The van der Waals surface area contributed by atoms with Gasteiger partial charge in [0.25, 0.3) is 5.91 Å². The first-order valence-electron chi connectivity index (χ1n) is 6.81. The fourth-order valence-electron chi connectivity index (χ4n) is 1.93. The molecule has 1 aromatic carbocycles. The number of aliphatic imine (C=N–C) groups is 1. The van der Waals surface area contributed by atoms with Crippen LogP contribution in [0.25, 0.3) is 6.08 Å². The topological polar surface area (TPSA) is 82.4 Å². The predicted octanol–water partition coefficient (Wildman–Crippen LogP) is 0.952. The summed E-state index contributed by atoms with van der Waals surface area (Å²) in [4.78, 5) is 18.2. The van der Waals surface area contributed by atoms with E-state index in [-0.39, 0.29) is 19.1 Å². The van der Waals surface area contributed by atoms with E-state index >= 15 is 0 Å². The Bertz CT molecular complexity index is 578. The summed E-state index contributed by atoms with van der Waals surface area (Å²) >= 11 is 1.25. The minimum Gasteiger partial charge on any atom is -0.497 e. The number of nitrogens with zero attached hydrogens (tertiary/aromatic N) is 2. The highest BCUT2D eigenvalue weighted by molar-refractivity contribution is 8.18. The summed E-state index contributed by atoms with van der Waals surface area (Å²) in [6.07, 6.45) is 1.76. The Balaban J connectivity index is 2.11. The van der Waals surface area contributed by atoms with E-state index in [9.17, 15) is 4.79 Å². The molecule has 0 spiro atoms. The largest absolute Gasteiger partial charge is 0.497 e. The number of ether oxygens (including phenoxy) is 1. The number of amidine groups is 1. The van der Waals surface area contributed by atoms with Gasteiger partial charge in [0.1, 0.15) is 5.75 Å². The molecule has 6 nitrogen and oxygen atoms in total. The lowest BCUT2D eigenvalue weighted by molar-refractivity contribution is -0.113. The molecule has 0 aromatic heterocycles. The Morgan fingerprint density at radius 2 is 1.86 bits per heavy atom. The number of methoxy groups -OCH3 is 1. The van der Waals surface area contributed by atoms with Crippen LogP contribution in [0.2, 0.25) is 0 Å². The molecule has 1 heterocycles. The molecule has 7 heteroatoms. The van der Waals surface area contributed by atoms with Gasteiger partial charge in [-0.3, -0.25) is 4.79 Å². The highest BCUT2D eigenvalue weighted by Crippen LogP contribution is 2.30. The molecular formula is C15H18N2O4S. The molecule has 0 atom stereocenters. The fourth-order valence-corrected chi connectivity index (χ4v) is 2.89. The lowest BCUT2D eigenvalue weighted by Crippen LogP contribution is -2.33. The first kappa shape index (κ1) is 16.5. The molecule has 0 aliphatic carbocycles. The summed E-state index contributed by atoms with van der Waals surface area (Å²) in [5.41, 5.74) is 0.879. The lowest BCUT2D eigenvalue weighted by atomic mass is 10.2. The maximum Gasteiger partial charge on any atom is 0.286 e. The summed E-state index contributed by atoms with van der Waals surface area (Å²) in [6.45, 7) is 0.529. The number of hydrogen-bond donors (Lipinski definition) is 2. The van der Waals surface area contributed by atoms with Crippen molar-refractivity contribution >= 4 is 28.9 Å². The number of carbonyl (C=O) groups is 1. The van der Waals surface area contributed by atoms with Crippen LogP contribution in [0.15, 0.2) is 34.2 Å². The summed E-state index contributed by atoms with van der Waals surface area (Å²) in [5.74, 6) is 0.443. The number of benzene rings is 1. The van der Waals surface area contributed by atoms with Crippen LogP contribution in [0.4, 0.5) is 0 Å². The molecule has 2 N–H and O–H groups in total. The van der Waals surface area contributed by atoms with Gasteiger partial charge in [-0.1, -0.05) is 12.1 Å². The minimum absolute atomic E-state index is 0.0642. The van der Waals surface area contributed by atoms with Crippen LogP contribution in [-0.4, -0.2) is 59.6 Å². The van der Waals surface area contributed by atoms with E-state index in [1.165, 1.54) is 11.8 Å². The number of carbonyl (C=O) groups excluding carboxylic acids is 1. The van der Waals surface area contributed by atoms with E-state index < -0.39 is 0 Å². The van der Waals surface area contributed by atoms with E-state index in [4.69, 9.17) is 14.9 Å². The predicted molar refractivity (Wildman–Crippen MR) is 86.7 cm³/mol. The van der Waals surface area contributed by atoms with Gasteiger partial charge in [-0.2, -0.15) is 4.99 Å². The molecule has 0 saturated carbocycles. The summed E-state index contributed by atoms with van der Waals surface area (Å²) in [7, 11) is 1.60. The molecule has 1 aliphatic heterocycles. The van der Waals surface area contributed by atoms with Gasteiger partial charge in [0.05, 0.1) is 25.2 Å². The van der Waals surface area contributed by atoms with E-state index in [1.54, 1.807) is 18.1 Å². The molecule has 2 rings (SSSR count). The highest BCUT2D eigenvalue weighted by atomic mass is 32.2. The van der Waals surface area contributed by atoms with Crippen LogP contribution in [0.5, 0.6) is 5.75 Å². The van der Waals surface area contributed by atoms with Crippen molar-refractivity contribution in [2.45, 2.75) is 0 Å². The smallest absolute Gasteiger partial charge is 0.286 e. The monoisotopic (exact) mass is 322 g/mol. The van der Waals surface area contributed by atoms with Crippen molar-refractivity contribution in [1.82, 2.24) is 4.90 Å². The molecule has 0 fully saturated rings. The second kappa shape index (κ2) is 7.98. The van der Waals surface area contributed by atoms with Crippen molar-refractivity contribution in [3.8, 4) is 5.75 Å². The SMILES string of the molecule is COc1ccc(C=C2SC(N(CCO)CCO)=NC2=O)cc1. The van der Waals surface area contributed by atoms with Gasteiger partial charge in [0.2, 0.25) is 0 Å². The van der Waals surface area contributed by atoms with Crippen LogP contribution in [0, 0.1) is 0 Å². The zero-order valence-corrected chi connectivity index (χ0v) is 13.0. The molecule has 1 amide bonds. The molecule has 0 saturated heterocycles. The van der Waals surface area contributed by atoms with Gasteiger partial charge in [-0.25, -0.2) is 0 Å². The zero-order valence-electron chi connectivity index (χ0n) is 12.2. The number of aliphatic hydroxyl groups is 2. The Morgan fingerprint density at radius 1 is 1.23 bits per heavy atom. The summed E-state index contributed by atoms with van der Waals surface area (Å²) < 4.78 is 5.09. The maximum absolute atomic E-state index is 12.0. The number of aliphatic hydroxyl groups excluding tert-OH is 2. The Morgan fingerprint density at radius 3 is 2.41 bits per heavy atom. The number of thioether (sulfide) groups is 1. The van der Waals surface area contributed by atoms with Gasteiger partial charge in [0, 0.05) is 13.1 Å². The Hall–Kier alpha value is -1.83. The maximum atomic E-state index is 12.0. The normalized spacial score (nSPS) is 16.0. The van der Waals surface area contributed by atoms with Crippen molar-refractivity contribution in [1.29, 1.82) is 0 Å². The van der Waals surface area contributed by atoms with Crippen LogP contribution in [0.1, 0.15) is 5.56 Å². The average molecular weight is 322 g/mol. The van der Waals surface area contributed by atoms with Crippen molar-refractivity contribution in [2.24, 2.45) is 4.99 Å². The average Bonchev–Trinajstić information content (AvgIpc) is 2.89. The summed E-state index contributed by atoms with van der Waals surface area (Å²) in [6, 6.07) is 7.36. The van der Waals surface area contributed by atoms with Crippen molar-refractivity contribution < 1.29 is 19.7 Å². The van der Waals surface area contributed by atoms with Gasteiger partial charge in [0.15, 0.2) is 5.17 Å². The molecule has 0 bridgehead atoms. The fraction of sp³-hybridized carbons (Fsp3) is 0.333. The third-order valence-electron chi connectivity index (χ3n) is 3.03. The molecule has 22 heavy (non-hydrogen) atoms. The quantitative estimate of drug-likeness (QED) is 0.759. The molecule has 0 radical (unpaired) electrons. The molecule has 1 aromatic rings. The highest BCUT2D eigenvalue weighted by Gasteiger charge is 2.25. The van der Waals surface area contributed by atoms with Crippen molar-refractivity contribution in [3.63, 3.8) is 0 Å². The zero-order chi connectivity index (χ0) is 15.9. The molecule has 118 valence electrons. The Labute approximate surface area is 133 Å². The van der Waals surface area contributed by atoms with E-state index in [1.807, 2.05) is 24.3 Å². The van der Waals surface area contributed by atoms with Crippen molar-refractivity contribution in [2.75, 3.05) is 33.4 Å². The Kier molecular flexibility index (Phi) is 6.00. The van der Waals surface area contributed by atoms with Gasteiger partial charge < -0.3 is 19.8 Å². The van der Waals surface area contributed by atoms with Crippen LogP contribution < -0.4 is 4.74 Å². The second-order valence-electron chi connectivity index (χ2n) is 4.52. The van der Waals surface area contributed by atoms with Crippen LogP contribution >= 0.6 is 11.8 Å². The van der Waals surface area contributed by atoms with Crippen molar-refractivity contribution in [3.05, 3.63) is 34.7 Å². The molecule has 0 unspecified atom stereocenters. The second-order valence-corrected chi connectivity index (χ2v) is 5.53. The van der Waals surface area contributed by atoms with E-state index in [0.29, 0.717) is 23.2 Å². The first-order chi connectivity index (χ1) is 10.7. The van der Waals surface area contributed by atoms with E-state index in [0.717, 1.165) is 11.3 Å². The molecule has 1 aliphatic rings. The van der Waals surface area contributed by atoms with Gasteiger partial charge >= 0.3 is 0 Å². The minimum atomic E-state index is -0.309. The van der Waals surface area contributed by atoms with Gasteiger partial charge in [-0.15, -0.1) is 0 Å². The van der Waals surface area contributed by atoms with Crippen LogP contribution in [0.3, 0.4) is 0 Å². The third-order valence-corrected chi connectivity index (χ3v) is 4.08. The number of rotatable bonds is 6. The lowest BCUT2D eigenvalue weighted by Gasteiger charge is -2.20. The number of hydrogen-bond acceptors (Lipinski definition) is 6. The molecular weight excluding hydrogens is 304 g/mol. The summed E-state index contributed by atoms with van der Waals surface area (Å²) in [5, 5.41) is 18.6. The number of amides is 1. The van der Waals surface area contributed by atoms with Gasteiger partial charge in [-0.05, 0) is 35.5 Å².